The second-order valence-corrected chi connectivity index (χ2v) is 7.10. The molecule has 1 rings (SSSR count). The van der Waals surface area contributed by atoms with Gasteiger partial charge in [-0.2, -0.15) is 0 Å². The molecule has 1 aromatic rings. The van der Waals surface area contributed by atoms with Crippen molar-refractivity contribution < 1.29 is 24.2 Å². The van der Waals surface area contributed by atoms with E-state index in [-0.39, 0.29) is 17.9 Å². The van der Waals surface area contributed by atoms with Gasteiger partial charge in [-0.3, -0.25) is 4.79 Å². The van der Waals surface area contributed by atoms with E-state index in [9.17, 15) is 19.5 Å². The van der Waals surface area contributed by atoms with Crippen LogP contribution in [0, 0.1) is 5.92 Å². The highest BCUT2D eigenvalue weighted by molar-refractivity contribution is 5.92. The minimum atomic E-state index is -1.09. The molecule has 0 saturated heterocycles. The van der Waals surface area contributed by atoms with Gasteiger partial charge < -0.3 is 15.2 Å². The molecule has 0 aliphatic heterocycles. The van der Waals surface area contributed by atoms with Crippen molar-refractivity contribution in [1.82, 2.24) is 5.32 Å². The molecule has 2 atom stereocenters. The van der Waals surface area contributed by atoms with Crippen LogP contribution in [-0.4, -0.2) is 34.6 Å². The molecule has 6 heteroatoms. The summed E-state index contributed by atoms with van der Waals surface area (Å²) in [6, 6.07) is 5.55. The van der Waals surface area contributed by atoms with E-state index in [1.165, 1.54) is 6.07 Å². The number of hydrogen-bond donors (Lipinski definition) is 2. The molecular weight excluding hydrogens is 322 g/mol. The molecule has 0 saturated carbocycles. The number of aromatic carboxylic acids is 1. The van der Waals surface area contributed by atoms with Gasteiger partial charge in [-0.15, -0.1) is 0 Å². The molecule has 0 bridgehead atoms. The maximum absolute atomic E-state index is 12.4. The molecule has 6 nitrogen and oxygen atoms in total. The molecule has 0 aliphatic rings. The summed E-state index contributed by atoms with van der Waals surface area (Å²) in [5, 5.41) is 11.9. The highest BCUT2D eigenvalue weighted by atomic mass is 16.6. The first-order valence-electron chi connectivity index (χ1n) is 8.38. The Labute approximate surface area is 148 Å². The standard InChI is InChI=1S/C19H27NO5/c1-6-12(2)16(18(24)25-19(3,4)5)20-15(21)11-13-9-7-8-10-14(13)17(22)23/h7-10,12,16H,6,11H2,1-5H3,(H,20,21)(H,22,23)/t12-,16-/m0/s1. The Bertz CT molecular complexity index is 633. The molecule has 0 radical (unpaired) electrons. The quantitative estimate of drug-likeness (QED) is 0.739. The van der Waals surface area contributed by atoms with Crippen LogP contribution >= 0.6 is 0 Å². The molecule has 0 unspecified atom stereocenters. The number of carboxylic acid groups (broad SMARTS) is 1. The van der Waals surface area contributed by atoms with Gasteiger partial charge in [0.05, 0.1) is 12.0 Å². The van der Waals surface area contributed by atoms with Crippen LogP contribution in [0.3, 0.4) is 0 Å². The van der Waals surface area contributed by atoms with E-state index in [1.54, 1.807) is 39.0 Å². The lowest BCUT2D eigenvalue weighted by Gasteiger charge is -2.27. The summed E-state index contributed by atoms with van der Waals surface area (Å²) >= 11 is 0. The molecule has 2 N–H and O–H groups in total. The van der Waals surface area contributed by atoms with Gasteiger partial charge in [-0.1, -0.05) is 38.5 Å². The van der Waals surface area contributed by atoms with Gasteiger partial charge >= 0.3 is 11.9 Å². The van der Waals surface area contributed by atoms with Crippen molar-refractivity contribution in [3.63, 3.8) is 0 Å². The third-order valence-electron chi connectivity index (χ3n) is 3.79. The van der Waals surface area contributed by atoms with Gasteiger partial charge in [0.15, 0.2) is 0 Å². The Balaban J connectivity index is 2.89. The predicted octanol–water partition coefficient (Wildman–Crippen LogP) is 2.80. The largest absolute Gasteiger partial charge is 0.478 e. The minimum Gasteiger partial charge on any atom is -0.478 e. The second-order valence-electron chi connectivity index (χ2n) is 7.10. The molecule has 0 aliphatic carbocycles. The lowest BCUT2D eigenvalue weighted by atomic mass is 9.98. The van der Waals surface area contributed by atoms with Crippen LogP contribution in [0.4, 0.5) is 0 Å². The van der Waals surface area contributed by atoms with Crippen LogP contribution in [-0.2, 0) is 20.7 Å². The number of carbonyl (C=O) groups is 3. The van der Waals surface area contributed by atoms with Crippen LogP contribution in [0.2, 0.25) is 0 Å². The third kappa shape index (κ3) is 6.57. The maximum Gasteiger partial charge on any atom is 0.335 e. The summed E-state index contributed by atoms with van der Waals surface area (Å²) < 4.78 is 5.39. The van der Waals surface area contributed by atoms with Crippen LogP contribution in [0.1, 0.15) is 57.0 Å². The first-order valence-corrected chi connectivity index (χ1v) is 8.38. The lowest BCUT2D eigenvalue weighted by molar-refractivity contribution is -0.160. The Hall–Kier alpha value is -2.37. The summed E-state index contributed by atoms with van der Waals surface area (Å²) in [6.45, 7) is 9.09. The normalized spacial score (nSPS) is 13.6. The number of ether oxygens (including phenoxy) is 1. The van der Waals surface area contributed by atoms with Crippen molar-refractivity contribution in [2.75, 3.05) is 0 Å². The number of rotatable bonds is 7. The molecule has 0 aromatic heterocycles. The second kappa shape index (κ2) is 8.65. The van der Waals surface area contributed by atoms with Crippen molar-refractivity contribution in [3.8, 4) is 0 Å². The fourth-order valence-electron chi connectivity index (χ4n) is 2.31. The lowest BCUT2D eigenvalue weighted by Crippen LogP contribution is -2.48. The van der Waals surface area contributed by atoms with Crippen LogP contribution in [0.25, 0.3) is 0 Å². The Morgan fingerprint density at radius 3 is 2.32 bits per heavy atom. The Morgan fingerprint density at radius 2 is 1.80 bits per heavy atom. The van der Waals surface area contributed by atoms with E-state index < -0.39 is 29.5 Å². The first kappa shape index (κ1) is 20.7. The fourth-order valence-corrected chi connectivity index (χ4v) is 2.31. The van der Waals surface area contributed by atoms with Gasteiger partial charge in [0.1, 0.15) is 11.6 Å². The monoisotopic (exact) mass is 349 g/mol. The van der Waals surface area contributed by atoms with E-state index in [0.29, 0.717) is 12.0 Å². The topological polar surface area (TPSA) is 92.7 Å². The zero-order chi connectivity index (χ0) is 19.2. The van der Waals surface area contributed by atoms with Crippen LogP contribution in [0.15, 0.2) is 24.3 Å². The number of carbonyl (C=O) groups excluding carboxylic acids is 2. The number of esters is 1. The van der Waals surface area contributed by atoms with E-state index in [4.69, 9.17) is 4.74 Å². The van der Waals surface area contributed by atoms with Gasteiger partial charge in [0, 0.05) is 0 Å². The highest BCUT2D eigenvalue weighted by Gasteiger charge is 2.30. The molecule has 1 aromatic carbocycles. The first-order chi connectivity index (χ1) is 11.5. The van der Waals surface area contributed by atoms with E-state index in [1.807, 2.05) is 13.8 Å². The number of carboxylic acids is 1. The van der Waals surface area contributed by atoms with Gasteiger partial charge in [-0.25, -0.2) is 9.59 Å². The van der Waals surface area contributed by atoms with E-state index >= 15 is 0 Å². The molecular formula is C19H27NO5. The van der Waals surface area contributed by atoms with Gasteiger partial charge in [-0.05, 0) is 38.3 Å². The average Bonchev–Trinajstić information content (AvgIpc) is 2.50. The van der Waals surface area contributed by atoms with Crippen molar-refractivity contribution in [1.29, 1.82) is 0 Å². The van der Waals surface area contributed by atoms with Crippen LogP contribution in [0.5, 0.6) is 0 Å². The Kier molecular flexibility index (Phi) is 7.15. The molecule has 25 heavy (non-hydrogen) atoms. The van der Waals surface area contributed by atoms with Crippen molar-refractivity contribution in [3.05, 3.63) is 35.4 Å². The van der Waals surface area contributed by atoms with Crippen molar-refractivity contribution >= 4 is 17.8 Å². The number of benzene rings is 1. The zero-order valence-electron chi connectivity index (χ0n) is 15.5. The molecule has 1 amide bonds. The molecule has 0 spiro atoms. The molecule has 0 heterocycles. The maximum atomic E-state index is 12.4. The molecule has 138 valence electrons. The molecule has 0 fully saturated rings. The minimum absolute atomic E-state index is 0.0787. The fraction of sp³-hybridized carbons (Fsp3) is 0.526. The highest BCUT2D eigenvalue weighted by Crippen LogP contribution is 2.16. The van der Waals surface area contributed by atoms with Gasteiger partial charge in [0.25, 0.3) is 0 Å². The summed E-state index contributed by atoms with van der Waals surface area (Å²) in [6.07, 6.45) is 0.577. The zero-order valence-corrected chi connectivity index (χ0v) is 15.5. The van der Waals surface area contributed by atoms with Crippen molar-refractivity contribution in [2.24, 2.45) is 5.92 Å². The number of nitrogens with one attached hydrogen (secondary N) is 1. The smallest absolute Gasteiger partial charge is 0.335 e. The third-order valence-corrected chi connectivity index (χ3v) is 3.79. The average molecular weight is 349 g/mol. The number of hydrogen-bond acceptors (Lipinski definition) is 4. The summed E-state index contributed by atoms with van der Waals surface area (Å²) in [5.41, 5.74) is -0.168. The predicted molar refractivity (Wildman–Crippen MR) is 94.3 cm³/mol. The van der Waals surface area contributed by atoms with E-state index in [0.717, 1.165) is 0 Å². The Morgan fingerprint density at radius 1 is 1.20 bits per heavy atom. The number of amides is 1. The van der Waals surface area contributed by atoms with E-state index in [2.05, 4.69) is 5.32 Å². The summed E-state index contributed by atoms with van der Waals surface area (Å²) in [5.74, 6) is -2.09. The summed E-state index contributed by atoms with van der Waals surface area (Å²) in [4.78, 5) is 36.0. The SMILES string of the molecule is CC[C@H](C)[C@H](NC(=O)Cc1ccccc1C(=O)O)C(=O)OC(C)(C)C. The van der Waals surface area contributed by atoms with Crippen LogP contribution < -0.4 is 5.32 Å². The van der Waals surface area contributed by atoms with Gasteiger partial charge in [0.2, 0.25) is 5.91 Å². The van der Waals surface area contributed by atoms with Crippen molar-refractivity contribution in [2.45, 2.75) is 59.1 Å². The summed E-state index contributed by atoms with van der Waals surface area (Å²) in [7, 11) is 0.